The Morgan fingerprint density at radius 2 is 1.27 bits per heavy atom. The maximum Gasteiger partial charge on any atom is 0.134 e. The van der Waals surface area contributed by atoms with E-state index in [-0.39, 0.29) is 0 Å². The third-order valence-corrected chi connectivity index (χ3v) is 11.0. The number of rotatable bonds is 12. The van der Waals surface area contributed by atoms with Crippen LogP contribution < -0.4 is 0 Å². The molecule has 17 heteroatoms. The van der Waals surface area contributed by atoms with Crippen molar-refractivity contribution in [1.29, 1.82) is 0 Å². The van der Waals surface area contributed by atoms with E-state index in [0.717, 1.165) is 30.4 Å². The van der Waals surface area contributed by atoms with Gasteiger partial charge in [0.05, 0.1) is 25.1 Å². The lowest BCUT2D eigenvalue weighted by Gasteiger charge is -2.46. The molecule has 49 heavy (non-hydrogen) atoms. The van der Waals surface area contributed by atoms with Crippen molar-refractivity contribution in [3.63, 3.8) is 0 Å². The molecule has 0 spiro atoms. The molecule has 0 radical (unpaired) electrons. The van der Waals surface area contributed by atoms with Gasteiger partial charge in [0.25, 0.3) is 0 Å². The highest BCUT2D eigenvalue weighted by molar-refractivity contribution is 8.00. The third kappa shape index (κ3) is 7.84. The zero-order valence-electron chi connectivity index (χ0n) is 26.4. The summed E-state index contributed by atoms with van der Waals surface area (Å²) in [6.07, 6.45) is -2.47. The van der Waals surface area contributed by atoms with Crippen LogP contribution in [0.2, 0.25) is 0 Å². The number of hydrogen-bond donors (Lipinski definition) is 5. The molecule has 4 aromatic rings. The van der Waals surface area contributed by atoms with E-state index in [1.165, 1.54) is 52.1 Å². The summed E-state index contributed by atoms with van der Waals surface area (Å²) >= 11 is 2.52. The van der Waals surface area contributed by atoms with E-state index in [9.17, 15) is 34.3 Å². The number of benzene rings is 2. The second kappa shape index (κ2) is 15.9. The molecule has 264 valence electrons. The molecule has 0 saturated carbocycles. The van der Waals surface area contributed by atoms with Crippen molar-refractivity contribution in [2.45, 2.75) is 79.3 Å². The Hall–Kier alpha value is -3.00. The van der Waals surface area contributed by atoms with Crippen LogP contribution in [0.25, 0.3) is 22.5 Å². The topological polar surface area (TPSA) is 181 Å². The molecule has 2 aliphatic heterocycles. The van der Waals surface area contributed by atoms with Crippen molar-refractivity contribution in [2.75, 3.05) is 18.1 Å². The lowest BCUT2D eigenvalue weighted by atomic mass is 9.97. The second-order valence-corrected chi connectivity index (χ2v) is 14.3. The Kier molecular flexibility index (Phi) is 11.6. The first kappa shape index (κ1) is 35.8. The minimum absolute atomic E-state index is 0.298. The summed E-state index contributed by atoms with van der Waals surface area (Å²) in [4.78, 5) is 0. The molecule has 2 saturated heterocycles. The molecule has 13 nitrogen and oxygen atoms in total. The van der Waals surface area contributed by atoms with Crippen LogP contribution in [0.4, 0.5) is 8.78 Å². The van der Waals surface area contributed by atoms with Crippen LogP contribution in [-0.2, 0) is 9.47 Å². The predicted octanol–water partition coefficient (Wildman–Crippen LogP) is 2.42. The number of ether oxygens (including phenoxy) is 2. The molecule has 0 amide bonds. The van der Waals surface area contributed by atoms with Crippen LogP contribution in [-0.4, -0.2) is 121 Å². The number of halogens is 2. The molecule has 10 atom stereocenters. The lowest BCUT2D eigenvalue weighted by molar-refractivity contribution is -0.183. The van der Waals surface area contributed by atoms with E-state index >= 15 is 0 Å². The number of nitrogens with zero attached hydrogens (tertiary/aromatic N) is 6. The molecular formula is C32H38F2N6O7S2. The smallest absolute Gasteiger partial charge is 0.134 e. The third-order valence-electron chi connectivity index (χ3n) is 8.58. The van der Waals surface area contributed by atoms with Crippen molar-refractivity contribution in [3.05, 3.63) is 72.6 Å². The molecule has 4 heterocycles. The zero-order valence-corrected chi connectivity index (χ0v) is 28.0. The van der Waals surface area contributed by atoms with Crippen molar-refractivity contribution in [1.82, 2.24) is 30.0 Å². The predicted molar refractivity (Wildman–Crippen MR) is 177 cm³/mol. The Morgan fingerprint density at radius 1 is 0.755 bits per heavy atom. The zero-order chi connectivity index (χ0) is 34.7. The molecule has 6 rings (SSSR count). The highest BCUT2D eigenvalue weighted by Crippen LogP contribution is 2.42. The Bertz CT molecular complexity index is 1690. The van der Waals surface area contributed by atoms with Gasteiger partial charge in [0.1, 0.15) is 76.5 Å². The van der Waals surface area contributed by atoms with Gasteiger partial charge in [-0.25, -0.2) is 18.1 Å². The molecule has 0 aliphatic carbocycles. The highest BCUT2D eigenvalue weighted by atomic mass is 32.2. The number of thioether (sulfide) groups is 2. The minimum Gasteiger partial charge on any atom is -0.394 e. The van der Waals surface area contributed by atoms with Gasteiger partial charge in [-0.05, 0) is 36.4 Å². The molecule has 2 aromatic heterocycles. The maximum absolute atomic E-state index is 13.9. The van der Waals surface area contributed by atoms with Gasteiger partial charge >= 0.3 is 0 Å². The molecule has 2 aromatic carbocycles. The lowest BCUT2D eigenvalue weighted by Crippen LogP contribution is -2.58. The van der Waals surface area contributed by atoms with E-state index in [1.807, 2.05) is 0 Å². The molecule has 0 bridgehead atoms. The highest BCUT2D eigenvalue weighted by Gasteiger charge is 2.51. The van der Waals surface area contributed by atoms with E-state index in [0.29, 0.717) is 28.3 Å². The summed E-state index contributed by atoms with van der Waals surface area (Å²) in [6, 6.07) is 9.36. The van der Waals surface area contributed by atoms with Crippen LogP contribution in [0.3, 0.4) is 0 Å². The fourth-order valence-electron chi connectivity index (χ4n) is 5.96. The Morgan fingerprint density at radius 3 is 1.76 bits per heavy atom. The molecule has 5 N–H and O–H groups in total. The number of aliphatic hydroxyl groups is 5. The molecule has 2 fully saturated rings. The van der Waals surface area contributed by atoms with Crippen molar-refractivity contribution in [2.24, 2.45) is 0 Å². The average Bonchev–Trinajstić information content (AvgIpc) is 3.77. The van der Waals surface area contributed by atoms with Crippen molar-refractivity contribution < 1.29 is 43.8 Å². The van der Waals surface area contributed by atoms with Crippen molar-refractivity contribution >= 4 is 23.5 Å². The summed E-state index contributed by atoms with van der Waals surface area (Å²) < 4.78 is 42.6. The standard InChI is InChI=1S/C32H38F2N6O7S2/c1-2-3-10-48-16-24-28(43)26(40-14-22(36-38-40)18-7-5-9-20(34)12-18)30(45)32(47-24)49-31-29(44)25(27(42)23(15-41)46-31)39-13-21(35-37-39)17-6-4-8-19(33)11-17/h4-9,11-14,23-32,41-45H,2-3,10,15-16H2,1H3/t23-,24-,25+,26+,27+,28+,29-,30-,31+,32+/m1/s1. The number of aromatic nitrogens is 6. The van der Waals surface area contributed by atoms with Gasteiger partial charge in [-0.3, -0.25) is 0 Å². The van der Waals surface area contributed by atoms with Crippen LogP contribution >= 0.6 is 23.5 Å². The fraction of sp³-hybridized carbons (Fsp3) is 0.500. The number of aliphatic hydroxyl groups excluding tert-OH is 5. The minimum atomic E-state index is -1.45. The summed E-state index contributed by atoms with van der Waals surface area (Å²) in [7, 11) is 0. The maximum atomic E-state index is 13.9. The van der Waals surface area contributed by atoms with Crippen molar-refractivity contribution in [3.8, 4) is 22.5 Å². The van der Waals surface area contributed by atoms with Gasteiger partial charge in [-0.1, -0.05) is 59.8 Å². The fourth-order valence-corrected chi connectivity index (χ4v) is 8.45. The molecule has 2 aliphatic rings. The summed E-state index contributed by atoms with van der Waals surface area (Å²) in [5.74, 6) is 0.301. The van der Waals surface area contributed by atoms with E-state index in [4.69, 9.17) is 9.47 Å². The van der Waals surface area contributed by atoms with Gasteiger partial charge in [-0.15, -0.1) is 10.2 Å². The Labute approximate surface area is 289 Å². The number of hydrogen-bond acceptors (Lipinski definition) is 13. The van der Waals surface area contributed by atoms with Crippen LogP contribution in [0.1, 0.15) is 31.8 Å². The molecular weight excluding hydrogens is 683 g/mol. The van der Waals surface area contributed by atoms with Gasteiger partial charge in [0.15, 0.2) is 0 Å². The van der Waals surface area contributed by atoms with Crippen LogP contribution in [0, 0.1) is 11.6 Å². The average molecular weight is 721 g/mol. The van der Waals surface area contributed by atoms with Crippen LogP contribution in [0.15, 0.2) is 60.9 Å². The Balaban J connectivity index is 1.26. The summed E-state index contributed by atoms with van der Waals surface area (Å²) in [5, 5.41) is 72.4. The van der Waals surface area contributed by atoms with Gasteiger partial charge < -0.3 is 35.0 Å². The quantitative estimate of drug-likeness (QED) is 0.135. The first-order valence-corrected chi connectivity index (χ1v) is 18.0. The van der Waals surface area contributed by atoms with E-state index in [1.54, 1.807) is 30.0 Å². The van der Waals surface area contributed by atoms with Gasteiger partial charge in [-0.2, -0.15) is 11.8 Å². The largest absolute Gasteiger partial charge is 0.394 e. The SMILES string of the molecule is CCCCSC[C@H]1O[C@@H](S[C@@H]2O[C@H](CO)[C@H](O)[C@H](n3cc(-c4cccc(F)c4)nn3)[C@H]2O)[C@H](O)[C@@H](n2cc(-c3cccc(F)c3)nn2)[C@H]1O. The van der Waals surface area contributed by atoms with Gasteiger partial charge in [0.2, 0.25) is 0 Å². The van der Waals surface area contributed by atoms with Crippen LogP contribution in [0.5, 0.6) is 0 Å². The monoisotopic (exact) mass is 720 g/mol. The summed E-state index contributed by atoms with van der Waals surface area (Å²) in [6.45, 7) is 1.48. The van der Waals surface area contributed by atoms with Gasteiger partial charge in [0, 0.05) is 16.9 Å². The summed E-state index contributed by atoms with van der Waals surface area (Å²) in [5.41, 5.74) is -0.705. The molecule has 0 unspecified atom stereocenters. The number of unbranched alkanes of at least 4 members (excludes halogenated alkanes) is 1. The second-order valence-electron chi connectivity index (χ2n) is 12.0. The first-order chi connectivity index (χ1) is 23.7. The normalized spacial score (nSPS) is 30.4. The first-order valence-electron chi connectivity index (χ1n) is 15.9. The van der Waals surface area contributed by atoms with E-state index in [2.05, 4.69) is 27.5 Å². The van der Waals surface area contributed by atoms with E-state index < -0.39 is 77.8 Å².